The molecule has 0 bridgehead atoms. The molecule has 0 saturated carbocycles. The van der Waals surface area contributed by atoms with Gasteiger partial charge in [0.2, 0.25) is 0 Å². The Balaban J connectivity index is 1.88. The number of halogens is 1. The quantitative estimate of drug-likeness (QED) is 0.0821. The topological polar surface area (TPSA) is 0 Å². The van der Waals surface area contributed by atoms with Gasteiger partial charge in [0.15, 0.2) is 0 Å². The van der Waals surface area contributed by atoms with Crippen LogP contribution in [0, 0.1) is 0 Å². The third-order valence-electron chi connectivity index (χ3n) is 5.98. The number of unbranched alkanes of at least 4 members (excludes halogenated alkanes) is 11. The highest BCUT2D eigenvalue weighted by Gasteiger charge is 2.36. The molecule has 1 heterocycles. The van der Waals surface area contributed by atoms with E-state index in [1.54, 1.807) is 0 Å². The highest BCUT2D eigenvalue weighted by atomic mass is 127. The number of hydrogen-bond acceptors (Lipinski definition) is 0. The lowest BCUT2D eigenvalue weighted by molar-refractivity contribution is -0.921. The average Bonchev–Trinajstić information content (AvgIpc) is 3.06. The first-order valence-corrected chi connectivity index (χ1v) is 12.0. The first-order chi connectivity index (χ1) is 11.2. The van der Waals surface area contributed by atoms with Crippen LogP contribution < -0.4 is 0 Å². The lowest BCUT2D eigenvalue weighted by Gasteiger charge is -2.38. The lowest BCUT2D eigenvalue weighted by atomic mass is 10.0. The van der Waals surface area contributed by atoms with Gasteiger partial charge in [-0.3, -0.25) is 0 Å². The maximum atomic E-state index is 2.76. The van der Waals surface area contributed by atoms with E-state index in [1.165, 1.54) is 120 Å². The largest absolute Gasteiger partial charge is 0.313 e. The summed E-state index contributed by atoms with van der Waals surface area (Å²) in [5, 5.41) is 0. The number of rotatable bonds is 15. The minimum Gasteiger partial charge on any atom is -0.313 e. The summed E-state index contributed by atoms with van der Waals surface area (Å²) < 4.78 is 2.29. The van der Waals surface area contributed by atoms with Crippen molar-refractivity contribution in [2.24, 2.45) is 0 Å². The van der Waals surface area contributed by atoms with Crippen LogP contribution in [0.15, 0.2) is 0 Å². The Morgan fingerprint density at radius 1 is 0.696 bits per heavy atom. The minimum atomic E-state index is 0.878. The van der Waals surface area contributed by atoms with Crippen LogP contribution in [0.1, 0.15) is 110 Å². The fourth-order valence-corrected chi connectivity index (χ4v) is 5.58. The van der Waals surface area contributed by atoms with Crippen molar-refractivity contribution < 1.29 is 4.48 Å². The summed E-state index contributed by atoms with van der Waals surface area (Å²) >= 11 is 2.76. The standard InChI is InChI=1S/C21H43IN/c1-3-5-6-7-8-9-10-11-12-13-14-15-18-21(22)23(4-2)19-16-17-20-23/h21H,3-20H2,1-2H3/q+1. The molecule has 1 unspecified atom stereocenters. The third kappa shape index (κ3) is 9.09. The van der Waals surface area contributed by atoms with Crippen LogP contribution >= 0.6 is 22.6 Å². The molecule has 1 saturated heterocycles. The third-order valence-corrected chi connectivity index (χ3v) is 7.78. The Bertz CT molecular complexity index is 261. The van der Waals surface area contributed by atoms with E-state index in [2.05, 4.69) is 36.4 Å². The van der Waals surface area contributed by atoms with Crippen molar-refractivity contribution in [2.75, 3.05) is 19.6 Å². The highest BCUT2D eigenvalue weighted by Crippen LogP contribution is 2.30. The second-order valence-corrected chi connectivity index (χ2v) is 9.24. The SMILES string of the molecule is CCCCCCCCCCCCCCC(I)[N+]1(CC)CCCC1. The van der Waals surface area contributed by atoms with Gasteiger partial charge in [0.25, 0.3) is 0 Å². The summed E-state index contributed by atoms with van der Waals surface area (Å²) in [6, 6.07) is 0. The number of hydrogen-bond donors (Lipinski definition) is 0. The fourth-order valence-electron chi connectivity index (χ4n) is 4.19. The molecular formula is C21H43IN+. The van der Waals surface area contributed by atoms with E-state index in [1.807, 2.05) is 0 Å². The summed E-state index contributed by atoms with van der Waals surface area (Å²) in [5.41, 5.74) is 0. The van der Waals surface area contributed by atoms with Gasteiger partial charge in [-0.25, -0.2) is 0 Å². The van der Waals surface area contributed by atoms with Crippen molar-refractivity contribution in [1.29, 1.82) is 0 Å². The zero-order valence-corrected chi connectivity index (χ0v) is 18.3. The van der Waals surface area contributed by atoms with E-state index in [-0.39, 0.29) is 0 Å². The molecule has 1 nitrogen and oxygen atoms in total. The first kappa shape index (κ1) is 21.7. The lowest BCUT2D eigenvalue weighted by Crippen LogP contribution is -2.50. The zero-order chi connectivity index (χ0) is 16.8. The number of nitrogens with zero attached hydrogens (tertiary/aromatic N) is 1. The molecule has 1 atom stereocenters. The van der Waals surface area contributed by atoms with Crippen LogP contribution in [-0.2, 0) is 0 Å². The molecule has 0 aromatic carbocycles. The molecular weight excluding hydrogens is 393 g/mol. The molecule has 1 rings (SSSR count). The molecule has 0 amide bonds. The Kier molecular flexibility index (Phi) is 13.2. The van der Waals surface area contributed by atoms with Gasteiger partial charge >= 0.3 is 0 Å². The van der Waals surface area contributed by atoms with Crippen molar-refractivity contribution in [3.63, 3.8) is 0 Å². The van der Waals surface area contributed by atoms with Crippen LogP contribution in [-0.4, -0.2) is 28.2 Å². The van der Waals surface area contributed by atoms with Crippen molar-refractivity contribution in [1.82, 2.24) is 0 Å². The van der Waals surface area contributed by atoms with Gasteiger partial charge in [-0.15, -0.1) is 0 Å². The second kappa shape index (κ2) is 13.9. The van der Waals surface area contributed by atoms with Gasteiger partial charge in [-0.05, 0) is 35.9 Å². The van der Waals surface area contributed by atoms with Crippen LogP contribution in [0.25, 0.3) is 0 Å². The van der Waals surface area contributed by atoms with E-state index in [0.717, 1.165) is 4.05 Å². The van der Waals surface area contributed by atoms with Crippen molar-refractivity contribution in [3.8, 4) is 0 Å². The zero-order valence-electron chi connectivity index (χ0n) is 16.1. The molecule has 0 N–H and O–H groups in total. The first-order valence-electron chi connectivity index (χ1n) is 10.7. The summed E-state index contributed by atoms with van der Waals surface area (Å²) in [4.78, 5) is 0. The molecule has 0 aromatic rings. The maximum absolute atomic E-state index is 2.76. The van der Waals surface area contributed by atoms with Gasteiger partial charge in [0.1, 0.15) is 4.05 Å². The van der Waals surface area contributed by atoms with Gasteiger partial charge in [-0.2, -0.15) is 0 Å². The van der Waals surface area contributed by atoms with E-state index in [0.29, 0.717) is 0 Å². The second-order valence-electron chi connectivity index (χ2n) is 7.80. The Labute approximate surface area is 160 Å². The fraction of sp³-hybridized carbons (Fsp3) is 1.00. The van der Waals surface area contributed by atoms with E-state index < -0.39 is 0 Å². The van der Waals surface area contributed by atoms with Gasteiger partial charge < -0.3 is 4.48 Å². The number of alkyl halides is 1. The van der Waals surface area contributed by atoms with Crippen LogP contribution in [0.4, 0.5) is 0 Å². The van der Waals surface area contributed by atoms with Crippen LogP contribution in [0.3, 0.4) is 0 Å². The monoisotopic (exact) mass is 436 g/mol. The van der Waals surface area contributed by atoms with E-state index in [9.17, 15) is 0 Å². The van der Waals surface area contributed by atoms with Crippen molar-refractivity contribution >= 4 is 22.6 Å². The average molecular weight is 436 g/mol. The molecule has 0 radical (unpaired) electrons. The molecule has 0 aromatic heterocycles. The number of likely N-dealkylation sites (tertiary alicyclic amines) is 1. The molecule has 23 heavy (non-hydrogen) atoms. The summed E-state index contributed by atoms with van der Waals surface area (Å²) in [6.07, 6.45) is 21.9. The molecule has 1 aliphatic rings. The van der Waals surface area contributed by atoms with Crippen molar-refractivity contribution in [3.05, 3.63) is 0 Å². The Hall–Kier alpha value is 0.690. The molecule has 1 aliphatic heterocycles. The smallest absolute Gasteiger partial charge is 0.139 e. The molecule has 2 heteroatoms. The Morgan fingerprint density at radius 3 is 1.57 bits per heavy atom. The normalized spacial score (nSPS) is 18.4. The molecule has 138 valence electrons. The van der Waals surface area contributed by atoms with E-state index in [4.69, 9.17) is 0 Å². The van der Waals surface area contributed by atoms with Gasteiger partial charge in [0, 0.05) is 19.3 Å². The number of quaternary nitrogens is 1. The minimum absolute atomic E-state index is 0.878. The van der Waals surface area contributed by atoms with Gasteiger partial charge in [0.05, 0.1) is 19.6 Å². The summed E-state index contributed by atoms with van der Waals surface area (Å²) in [5.74, 6) is 0. The highest BCUT2D eigenvalue weighted by molar-refractivity contribution is 14.1. The van der Waals surface area contributed by atoms with Crippen molar-refractivity contribution in [2.45, 2.75) is 114 Å². The maximum Gasteiger partial charge on any atom is 0.139 e. The van der Waals surface area contributed by atoms with E-state index >= 15 is 0 Å². The van der Waals surface area contributed by atoms with Crippen LogP contribution in [0.5, 0.6) is 0 Å². The molecule has 0 spiro atoms. The predicted molar refractivity (Wildman–Crippen MR) is 113 cm³/mol. The summed E-state index contributed by atoms with van der Waals surface area (Å²) in [6.45, 7) is 8.95. The molecule has 0 aliphatic carbocycles. The molecule has 1 fully saturated rings. The van der Waals surface area contributed by atoms with Crippen LogP contribution in [0.2, 0.25) is 0 Å². The summed E-state index contributed by atoms with van der Waals surface area (Å²) in [7, 11) is 0. The van der Waals surface area contributed by atoms with Gasteiger partial charge in [-0.1, -0.05) is 77.6 Å². The predicted octanol–water partition coefficient (Wildman–Crippen LogP) is 7.47. The Morgan fingerprint density at radius 2 is 1.13 bits per heavy atom.